The molecule has 30 heavy (non-hydrogen) atoms. The SMILES string of the molecule is O=C(Nc1cccc(F)c1)N1CCN([C@@H](Cc2ccccc2)c2ccccc2)CC1. The number of urea groups is 1. The van der Waals surface area contributed by atoms with Crippen molar-refractivity contribution in [2.75, 3.05) is 31.5 Å². The lowest BCUT2D eigenvalue weighted by molar-refractivity contribution is 0.112. The average molecular weight is 404 g/mol. The molecule has 2 amide bonds. The van der Waals surface area contributed by atoms with Crippen molar-refractivity contribution in [3.63, 3.8) is 0 Å². The summed E-state index contributed by atoms with van der Waals surface area (Å²) in [5.41, 5.74) is 3.07. The monoisotopic (exact) mass is 403 g/mol. The van der Waals surface area contributed by atoms with E-state index in [1.807, 2.05) is 12.1 Å². The number of hydrogen-bond donors (Lipinski definition) is 1. The maximum Gasteiger partial charge on any atom is 0.321 e. The summed E-state index contributed by atoms with van der Waals surface area (Å²) in [5.74, 6) is -0.357. The van der Waals surface area contributed by atoms with E-state index in [0.29, 0.717) is 18.8 Å². The second-order valence-corrected chi connectivity index (χ2v) is 7.58. The highest BCUT2D eigenvalue weighted by Gasteiger charge is 2.27. The average Bonchev–Trinajstić information content (AvgIpc) is 2.79. The number of nitrogens with zero attached hydrogens (tertiary/aromatic N) is 2. The number of piperazine rings is 1. The Morgan fingerprint density at radius 3 is 2.20 bits per heavy atom. The lowest BCUT2D eigenvalue weighted by Gasteiger charge is -2.39. The normalized spacial score (nSPS) is 15.6. The number of amides is 2. The summed E-state index contributed by atoms with van der Waals surface area (Å²) >= 11 is 0. The van der Waals surface area contributed by atoms with Gasteiger partial charge in [0.05, 0.1) is 0 Å². The zero-order valence-corrected chi connectivity index (χ0v) is 16.9. The Bertz CT molecular complexity index is 956. The largest absolute Gasteiger partial charge is 0.322 e. The van der Waals surface area contributed by atoms with Gasteiger partial charge in [-0.3, -0.25) is 4.90 Å². The van der Waals surface area contributed by atoms with Crippen LogP contribution in [0.25, 0.3) is 0 Å². The minimum atomic E-state index is -0.357. The van der Waals surface area contributed by atoms with Crippen LogP contribution in [0.1, 0.15) is 17.2 Å². The number of carbonyl (C=O) groups is 1. The lowest BCUT2D eigenvalue weighted by Crippen LogP contribution is -2.51. The quantitative estimate of drug-likeness (QED) is 0.654. The molecular formula is C25H26FN3O. The molecule has 3 aromatic carbocycles. The molecule has 3 aromatic rings. The zero-order chi connectivity index (χ0) is 20.8. The summed E-state index contributed by atoms with van der Waals surface area (Å²) in [6.45, 7) is 2.87. The first-order valence-corrected chi connectivity index (χ1v) is 10.3. The van der Waals surface area contributed by atoms with E-state index in [2.05, 4.69) is 58.7 Å². The van der Waals surface area contributed by atoms with Crippen molar-refractivity contribution in [1.82, 2.24) is 9.80 Å². The number of benzene rings is 3. The van der Waals surface area contributed by atoms with E-state index in [4.69, 9.17) is 0 Å². The molecule has 1 saturated heterocycles. The van der Waals surface area contributed by atoms with Crippen LogP contribution in [0.4, 0.5) is 14.9 Å². The molecule has 4 nitrogen and oxygen atoms in total. The maximum absolute atomic E-state index is 13.4. The van der Waals surface area contributed by atoms with Crippen LogP contribution in [0.2, 0.25) is 0 Å². The molecule has 0 radical (unpaired) electrons. The molecule has 1 N–H and O–H groups in total. The van der Waals surface area contributed by atoms with Crippen molar-refractivity contribution in [3.8, 4) is 0 Å². The fourth-order valence-corrected chi connectivity index (χ4v) is 3.98. The highest BCUT2D eigenvalue weighted by atomic mass is 19.1. The topological polar surface area (TPSA) is 35.6 Å². The Kier molecular flexibility index (Phi) is 6.40. The van der Waals surface area contributed by atoms with Crippen molar-refractivity contribution < 1.29 is 9.18 Å². The van der Waals surface area contributed by atoms with E-state index in [9.17, 15) is 9.18 Å². The molecule has 0 aromatic heterocycles. The van der Waals surface area contributed by atoms with Gasteiger partial charge in [-0.25, -0.2) is 9.18 Å². The van der Waals surface area contributed by atoms with E-state index >= 15 is 0 Å². The van der Waals surface area contributed by atoms with Crippen LogP contribution in [0, 0.1) is 5.82 Å². The van der Waals surface area contributed by atoms with Crippen LogP contribution >= 0.6 is 0 Å². The van der Waals surface area contributed by atoms with Gasteiger partial charge in [-0.05, 0) is 35.7 Å². The van der Waals surface area contributed by atoms with Gasteiger partial charge in [-0.15, -0.1) is 0 Å². The molecule has 1 aliphatic rings. The Morgan fingerprint density at radius 2 is 1.53 bits per heavy atom. The van der Waals surface area contributed by atoms with E-state index in [1.54, 1.807) is 17.0 Å². The van der Waals surface area contributed by atoms with E-state index in [-0.39, 0.29) is 17.9 Å². The fraction of sp³-hybridized carbons (Fsp3) is 0.240. The number of hydrogen-bond acceptors (Lipinski definition) is 2. The Hall–Kier alpha value is -3.18. The van der Waals surface area contributed by atoms with Crippen molar-refractivity contribution in [3.05, 3.63) is 102 Å². The predicted octanol–water partition coefficient (Wildman–Crippen LogP) is 4.96. The number of carbonyl (C=O) groups excluding carboxylic acids is 1. The molecule has 1 fully saturated rings. The third-order valence-corrected chi connectivity index (χ3v) is 5.57. The minimum Gasteiger partial charge on any atom is -0.322 e. The summed E-state index contributed by atoms with van der Waals surface area (Å²) < 4.78 is 13.4. The van der Waals surface area contributed by atoms with Crippen LogP contribution in [0.3, 0.4) is 0 Å². The lowest BCUT2D eigenvalue weighted by atomic mass is 9.96. The first-order valence-electron chi connectivity index (χ1n) is 10.3. The van der Waals surface area contributed by atoms with Crippen LogP contribution in [-0.4, -0.2) is 42.0 Å². The summed E-state index contributed by atoms with van der Waals surface area (Å²) in [6, 6.07) is 27.1. The van der Waals surface area contributed by atoms with Gasteiger partial charge in [0.15, 0.2) is 0 Å². The van der Waals surface area contributed by atoms with Crippen LogP contribution in [-0.2, 0) is 6.42 Å². The van der Waals surface area contributed by atoms with Gasteiger partial charge in [0.2, 0.25) is 0 Å². The smallest absolute Gasteiger partial charge is 0.321 e. The van der Waals surface area contributed by atoms with Crippen molar-refractivity contribution in [1.29, 1.82) is 0 Å². The van der Waals surface area contributed by atoms with Crippen LogP contribution in [0.5, 0.6) is 0 Å². The minimum absolute atomic E-state index is 0.181. The van der Waals surface area contributed by atoms with Gasteiger partial charge in [0.25, 0.3) is 0 Å². The zero-order valence-electron chi connectivity index (χ0n) is 16.9. The Morgan fingerprint density at radius 1 is 0.867 bits per heavy atom. The molecule has 0 saturated carbocycles. The molecule has 1 atom stereocenters. The van der Waals surface area contributed by atoms with Crippen LogP contribution in [0.15, 0.2) is 84.9 Å². The molecule has 0 spiro atoms. The highest BCUT2D eigenvalue weighted by molar-refractivity contribution is 5.89. The molecule has 154 valence electrons. The molecule has 1 heterocycles. The number of anilines is 1. The van der Waals surface area contributed by atoms with Gasteiger partial charge < -0.3 is 10.2 Å². The van der Waals surface area contributed by atoms with Gasteiger partial charge in [0, 0.05) is 37.9 Å². The Labute approximate surface area is 176 Å². The summed E-state index contributed by atoms with van der Waals surface area (Å²) in [6.07, 6.45) is 0.931. The number of rotatable bonds is 5. The first-order chi connectivity index (χ1) is 14.7. The van der Waals surface area contributed by atoms with E-state index in [0.717, 1.165) is 19.5 Å². The van der Waals surface area contributed by atoms with Crippen molar-refractivity contribution >= 4 is 11.7 Å². The fourth-order valence-electron chi connectivity index (χ4n) is 3.98. The summed E-state index contributed by atoms with van der Waals surface area (Å²) in [4.78, 5) is 16.8. The maximum atomic E-state index is 13.4. The van der Waals surface area contributed by atoms with Gasteiger partial charge >= 0.3 is 6.03 Å². The van der Waals surface area contributed by atoms with E-state index < -0.39 is 0 Å². The van der Waals surface area contributed by atoms with E-state index in [1.165, 1.54) is 23.3 Å². The molecular weight excluding hydrogens is 377 g/mol. The summed E-state index contributed by atoms with van der Waals surface area (Å²) in [5, 5.41) is 2.80. The second-order valence-electron chi connectivity index (χ2n) is 7.58. The number of nitrogens with one attached hydrogen (secondary N) is 1. The van der Waals surface area contributed by atoms with Gasteiger partial charge in [-0.1, -0.05) is 66.7 Å². The molecule has 0 unspecified atom stereocenters. The third kappa shape index (κ3) is 5.05. The van der Waals surface area contributed by atoms with Gasteiger partial charge in [-0.2, -0.15) is 0 Å². The Balaban J connectivity index is 1.41. The predicted molar refractivity (Wildman–Crippen MR) is 118 cm³/mol. The molecule has 4 rings (SSSR count). The first kappa shape index (κ1) is 20.1. The molecule has 0 bridgehead atoms. The van der Waals surface area contributed by atoms with Crippen molar-refractivity contribution in [2.45, 2.75) is 12.5 Å². The molecule has 5 heteroatoms. The van der Waals surface area contributed by atoms with Gasteiger partial charge in [0.1, 0.15) is 5.82 Å². The number of halogens is 1. The standard InChI is InChI=1S/C25H26FN3O/c26-22-12-7-13-23(19-22)27-25(30)29-16-14-28(15-17-29)24(21-10-5-2-6-11-21)18-20-8-3-1-4-9-20/h1-13,19,24H,14-18H2,(H,27,30)/t24-/m0/s1. The molecule has 0 aliphatic carbocycles. The van der Waals surface area contributed by atoms with Crippen LogP contribution < -0.4 is 5.32 Å². The highest BCUT2D eigenvalue weighted by Crippen LogP contribution is 2.26. The molecule has 1 aliphatic heterocycles. The third-order valence-electron chi connectivity index (χ3n) is 5.57. The van der Waals surface area contributed by atoms with Crippen molar-refractivity contribution in [2.24, 2.45) is 0 Å². The second kappa shape index (κ2) is 9.55. The summed E-state index contributed by atoms with van der Waals surface area (Å²) in [7, 11) is 0.